The second kappa shape index (κ2) is 6.18. The molecule has 0 saturated carbocycles. The Labute approximate surface area is 79.8 Å². The Morgan fingerprint density at radius 1 is 1.23 bits per heavy atom. The van der Waals surface area contributed by atoms with Crippen molar-refractivity contribution in [2.75, 3.05) is 6.54 Å². The molecule has 0 bridgehead atoms. The predicted octanol–water partition coefficient (Wildman–Crippen LogP) is 3.18. The number of hydrogen-bond donors (Lipinski definition) is 0. The molecule has 0 atom stereocenters. The van der Waals surface area contributed by atoms with Gasteiger partial charge in [0.05, 0.1) is 0 Å². The standard InChI is InChI=1S/C12H15N/c1-2-10-13-11-6-9-12-7-4-3-5-8-12/h3-9,11H,2,10H2,1H3/b9-6-,13-11-. The largest absolute Gasteiger partial charge is 0.293 e. The molecule has 0 spiro atoms. The van der Waals surface area contributed by atoms with Crippen molar-refractivity contribution in [2.45, 2.75) is 13.3 Å². The highest BCUT2D eigenvalue weighted by Crippen LogP contribution is 1.99. The molecule has 68 valence electrons. The molecule has 0 radical (unpaired) electrons. The van der Waals surface area contributed by atoms with E-state index in [2.05, 4.69) is 30.1 Å². The van der Waals surface area contributed by atoms with E-state index in [1.54, 1.807) is 0 Å². The molecule has 1 aromatic rings. The third kappa shape index (κ3) is 4.26. The third-order valence-electron chi connectivity index (χ3n) is 1.63. The van der Waals surface area contributed by atoms with Gasteiger partial charge >= 0.3 is 0 Å². The van der Waals surface area contributed by atoms with Gasteiger partial charge in [-0.3, -0.25) is 4.99 Å². The lowest BCUT2D eigenvalue weighted by molar-refractivity contribution is 0.937. The van der Waals surface area contributed by atoms with Gasteiger partial charge in [-0.25, -0.2) is 0 Å². The Morgan fingerprint density at radius 3 is 2.69 bits per heavy atom. The average molecular weight is 173 g/mol. The molecule has 0 aliphatic rings. The maximum Gasteiger partial charge on any atom is 0.0386 e. The zero-order chi connectivity index (χ0) is 9.36. The van der Waals surface area contributed by atoms with Gasteiger partial charge in [-0.15, -0.1) is 0 Å². The summed E-state index contributed by atoms with van der Waals surface area (Å²) in [6.45, 7) is 3.04. The van der Waals surface area contributed by atoms with Gasteiger partial charge in [-0.2, -0.15) is 0 Å². The number of benzene rings is 1. The van der Waals surface area contributed by atoms with Gasteiger partial charge in [0, 0.05) is 12.8 Å². The zero-order valence-electron chi connectivity index (χ0n) is 7.98. The number of allylic oxidation sites excluding steroid dienone is 1. The van der Waals surface area contributed by atoms with E-state index in [0.717, 1.165) is 13.0 Å². The molecule has 1 aromatic carbocycles. The Bertz CT molecular complexity index is 272. The fourth-order valence-corrected chi connectivity index (χ4v) is 0.983. The van der Waals surface area contributed by atoms with Crippen molar-refractivity contribution in [3.8, 4) is 0 Å². The van der Waals surface area contributed by atoms with E-state index in [0.29, 0.717) is 0 Å². The lowest BCUT2D eigenvalue weighted by atomic mass is 10.2. The van der Waals surface area contributed by atoms with Crippen LogP contribution in [0.3, 0.4) is 0 Å². The minimum absolute atomic E-state index is 0.916. The molecule has 1 rings (SSSR count). The van der Waals surface area contributed by atoms with E-state index in [4.69, 9.17) is 0 Å². The lowest BCUT2D eigenvalue weighted by Gasteiger charge is -1.88. The van der Waals surface area contributed by atoms with Gasteiger partial charge < -0.3 is 0 Å². The van der Waals surface area contributed by atoms with Crippen LogP contribution in [0, 0.1) is 0 Å². The Morgan fingerprint density at radius 2 is 2.00 bits per heavy atom. The van der Waals surface area contributed by atoms with E-state index >= 15 is 0 Å². The molecule has 0 fully saturated rings. The molecule has 0 amide bonds. The molecule has 1 heteroatoms. The fourth-order valence-electron chi connectivity index (χ4n) is 0.983. The monoisotopic (exact) mass is 173 g/mol. The minimum Gasteiger partial charge on any atom is -0.293 e. The van der Waals surface area contributed by atoms with Crippen LogP contribution in [0.25, 0.3) is 6.08 Å². The summed E-state index contributed by atoms with van der Waals surface area (Å²) >= 11 is 0. The molecule has 0 aromatic heterocycles. The molecule has 0 saturated heterocycles. The van der Waals surface area contributed by atoms with Gasteiger partial charge in [0.1, 0.15) is 0 Å². The van der Waals surface area contributed by atoms with Gasteiger partial charge in [0.15, 0.2) is 0 Å². The highest BCUT2D eigenvalue weighted by molar-refractivity contribution is 5.78. The summed E-state index contributed by atoms with van der Waals surface area (Å²) in [6.07, 6.45) is 7.00. The quantitative estimate of drug-likeness (QED) is 0.620. The topological polar surface area (TPSA) is 12.4 Å². The summed E-state index contributed by atoms with van der Waals surface area (Å²) < 4.78 is 0. The van der Waals surface area contributed by atoms with Crippen LogP contribution in [0.2, 0.25) is 0 Å². The summed E-state index contributed by atoms with van der Waals surface area (Å²) in [6, 6.07) is 10.2. The summed E-state index contributed by atoms with van der Waals surface area (Å²) in [4.78, 5) is 4.19. The summed E-state index contributed by atoms with van der Waals surface area (Å²) in [5, 5.41) is 0. The molecular formula is C12H15N. The van der Waals surface area contributed by atoms with Crippen LogP contribution in [0.4, 0.5) is 0 Å². The molecule has 13 heavy (non-hydrogen) atoms. The first-order valence-electron chi connectivity index (χ1n) is 4.65. The highest BCUT2D eigenvalue weighted by atomic mass is 14.7. The maximum absolute atomic E-state index is 4.19. The predicted molar refractivity (Wildman–Crippen MR) is 59.1 cm³/mol. The number of hydrogen-bond acceptors (Lipinski definition) is 1. The van der Waals surface area contributed by atoms with E-state index in [1.165, 1.54) is 5.56 Å². The Balaban J connectivity index is 2.41. The molecular weight excluding hydrogens is 158 g/mol. The van der Waals surface area contributed by atoms with E-state index < -0.39 is 0 Å². The highest BCUT2D eigenvalue weighted by Gasteiger charge is 1.79. The smallest absolute Gasteiger partial charge is 0.0386 e. The number of rotatable bonds is 4. The molecule has 0 aliphatic heterocycles. The second-order valence-corrected chi connectivity index (χ2v) is 2.83. The Hall–Kier alpha value is -1.37. The zero-order valence-corrected chi connectivity index (χ0v) is 7.98. The van der Waals surface area contributed by atoms with Crippen molar-refractivity contribution in [3.63, 3.8) is 0 Å². The van der Waals surface area contributed by atoms with Gasteiger partial charge in [-0.05, 0) is 18.1 Å². The molecule has 1 nitrogen and oxygen atoms in total. The average Bonchev–Trinajstić information content (AvgIpc) is 2.19. The summed E-state index contributed by atoms with van der Waals surface area (Å²) in [7, 11) is 0. The number of nitrogens with zero attached hydrogens (tertiary/aromatic N) is 1. The first-order chi connectivity index (χ1) is 6.43. The molecule has 0 heterocycles. The van der Waals surface area contributed by atoms with Crippen molar-refractivity contribution in [1.29, 1.82) is 0 Å². The van der Waals surface area contributed by atoms with Crippen LogP contribution in [0.15, 0.2) is 41.4 Å². The van der Waals surface area contributed by atoms with Gasteiger partial charge in [-0.1, -0.05) is 43.3 Å². The lowest BCUT2D eigenvalue weighted by Crippen LogP contribution is -1.75. The van der Waals surface area contributed by atoms with Crippen LogP contribution >= 0.6 is 0 Å². The van der Waals surface area contributed by atoms with Crippen molar-refractivity contribution in [1.82, 2.24) is 0 Å². The van der Waals surface area contributed by atoms with E-state index in [1.807, 2.05) is 30.5 Å². The normalized spacial score (nSPS) is 11.5. The van der Waals surface area contributed by atoms with Gasteiger partial charge in [0.2, 0.25) is 0 Å². The Kier molecular flexibility index (Phi) is 4.62. The summed E-state index contributed by atoms with van der Waals surface area (Å²) in [5.41, 5.74) is 1.21. The molecule has 0 N–H and O–H groups in total. The van der Waals surface area contributed by atoms with Crippen molar-refractivity contribution in [3.05, 3.63) is 42.0 Å². The second-order valence-electron chi connectivity index (χ2n) is 2.83. The SMILES string of the molecule is CCC/N=C\C=C/c1ccccc1. The van der Waals surface area contributed by atoms with Crippen LogP contribution in [-0.2, 0) is 0 Å². The first-order valence-corrected chi connectivity index (χ1v) is 4.65. The minimum atomic E-state index is 0.916. The van der Waals surface area contributed by atoms with E-state index in [-0.39, 0.29) is 0 Å². The van der Waals surface area contributed by atoms with E-state index in [9.17, 15) is 0 Å². The fraction of sp³-hybridized carbons (Fsp3) is 0.250. The van der Waals surface area contributed by atoms with Crippen LogP contribution in [0.1, 0.15) is 18.9 Å². The summed E-state index contributed by atoms with van der Waals surface area (Å²) in [5.74, 6) is 0. The van der Waals surface area contributed by atoms with Crippen molar-refractivity contribution in [2.24, 2.45) is 4.99 Å². The first kappa shape index (κ1) is 9.72. The number of aliphatic imine (C=N–C) groups is 1. The van der Waals surface area contributed by atoms with Crippen LogP contribution in [-0.4, -0.2) is 12.8 Å². The third-order valence-corrected chi connectivity index (χ3v) is 1.63. The molecule has 0 aliphatic carbocycles. The maximum atomic E-state index is 4.19. The van der Waals surface area contributed by atoms with Crippen molar-refractivity contribution < 1.29 is 0 Å². The van der Waals surface area contributed by atoms with Gasteiger partial charge in [0.25, 0.3) is 0 Å². The van der Waals surface area contributed by atoms with Crippen molar-refractivity contribution >= 4 is 12.3 Å². The van der Waals surface area contributed by atoms with Crippen LogP contribution < -0.4 is 0 Å². The molecule has 0 unspecified atom stereocenters. The van der Waals surface area contributed by atoms with Crippen LogP contribution in [0.5, 0.6) is 0 Å².